The molecule has 0 amide bonds. The Kier molecular flexibility index (Phi) is 8.08. The van der Waals surface area contributed by atoms with Gasteiger partial charge >= 0.3 is 0 Å². The van der Waals surface area contributed by atoms with E-state index in [2.05, 4.69) is 26.0 Å². The molecule has 0 saturated heterocycles. The van der Waals surface area contributed by atoms with Crippen molar-refractivity contribution in [1.29, 1.82) is 0 Å². The van der Waals surface area contributed by atoms with Crippen LogP contribution in [0.25, 0.3) is 0 Å². The van der Waals surface area contributed by atoms with Gasteiger partial charge in [0.15, 0.2) is 16.1 Å². The lowest BCUT2D eigenvalue weighted by atomic mass is 9.99. The van der Waals surface area contributed by atoms with E-state index in [1.165, 1.54) is 5.56 Å². The normalized spacial score (nSPS) is 13.9. The Balaban J connectivity index is 1.79. The average Bonchev–Trinajstić information content (AvgIpc) is 2.65. The smallest absolute Gasteiger partial charge is 0.196 e. The molecule has 0 spiro atoms. The van der Waals surface area contributed by atoms with Gasteiger partial charge in [-0.2, -0.15) is 0 Å². The minimum Gasteiger partial charge on any atom is -0.465 e. The Bertz CT molecular complexity index is 857. The molecule has 0 radical (unpaired) electrons. The number of sulfone groups is 1. The lowest BCUT2D eigenvalue weighted by Crippen LogP contribution is -2.19. The molecule has 0 aliphatic carbocycles. The van der Waals surface area contributed by atoms with Crippen LogP contribution in [0.5, 0.6) is 5.75 Å². The Morgan fingerprint density at radius 3 is 2.29 bits per heavy atom. The largest absolute Gasteiger partial charge is 0.465 e. The third-order valence-corrected chi connectivity index (χ3v) is 6.89. The van der Waals surface area contributed by atoms with Crippen LogP contribution >= 0.6 is 0 Å². The molecule has 0 aromatic heterocycles. The Morgan fingerprint density at radius 2 is 1.68 bits per heavy atom. The van der Waals surface area contributed by atoms with Gasteiger partial charge in [0.25, 0.3) is 0 Å². The standard InChI is InChI=1S/C23H32O4S/c1-6-18(3)21-9-11-22(12-10-21)27-20(5)26-14-7-15-28(24,25)23-13-8-17(2)16-19(23)4/h8-13,16,18,20H,6-7,14-15H2,1-5H3. The summed E-state index contributed by atoms with van der Waals surface area (Å²) in [5.74, 6) is 1.34. The second-order valence-electron chi connectivity index (χ2n) is 7.38. The van der Waals surface area contributed by atoms with Crippen molar-refractivity contribution in [2.45, 2.75) is 64.6 Å². The van der Waals surface area contributed by atoms with E-state index in [4.69, 9.17) is 9.47 Å². The zero-order valence-corrected chi connectivity index (χ0v) is 18.4. The zero-order valence-electron chi connectivity index (χ0n) is 17.6. The fourth-order valence-corrected chi connectivity index (χ4v) is 4.64. The summed E-state index contributed by atoms with van der Waals surface area (Å²) in [6.45, 7) is 10.3. The maximum Gasteiger partial charge on any atom is 0.196 e. The number of aryl methyl sites for hydroxylation is 2. The van der Waals surface area contributed by atoms with E-state index in [0.29, 0.717) is 23.8 Å². The van der Waals surface area contributed by atoms with Gasteiger partial charge in [-0.1, -0.05) is 43.7 Å². The van der Waals surface area contributed by atoms with Gasteiger partial charge in [0.05, 0.1) is 17.3 Å². The molecule has 0 aliphatic heterocycles. The van der Waals surface area contributed by atoms with Crippen LogP contribution in [0, 0.1) is 13.8 Å². The predicted molar refractivity (Wildman–Crippen MR) is 114 cm³/mol. The van der Waals surface area contributed by atoms with Gasteiger partial charge < -0.3 is 9.47 Å². The lowest BCUT2D eigenvalue weighted by molar-refractivity contribution is -0.0661. The number of ether oxygens (including phenoxy) is 2. The van der Waals surface area contributed by atoms with Crippen LogP contribution in [0.1, 0.15) is 56.2 Å². The van der Waals surface area contributed by atoms with Crippen molar-refractivity contribution >= 4 is 9.84 Å². The highest BCUT2D eigenvalue weighted by molar-refractivity contribution is 7.91. The molecule has 0 N–H and O–H groups in total. The topological polar surface area (TPSA) is 52.6 Å². The zero-order chi connectivity index (χ0) is 20.7. The van der Waals surface area contributed by atoms with E-state index < -0.39 is 16.1 Å². The molecule has 0 aliphatic rings. The van der Waals surface area contributed by atoms with Crippen molar-refractivity contribution in [2.75, 3.05) is 12.4 Å². The summed E-state index contributed by atoms with van der Waals surface area (Å²) in [5, 5.41) is 0. The second-order valence-corrected chi connectivity index (χ2v) is 9.45. The highest BCUT2D eigenvalue weighted by atomic mass is 32.2. The molecular weight excluding hydrogens is 372 g/mol. The predicted octanol–water partition coefficient (Wildman–Crippen LogP) is 5.42. The van der Waals surface area contributed by atoms with E-state index in [0.717, 1.165) is 23.3 Å². The summed E-state index contributed by atoms with van der Waals surface area (Å²) in [5.41, 5.74) is 3.14. The number of hydrogen-bond donors (Lipinski definition) is 0. The first-order valence-corrected chi connectivity index (χ1v) is 11.6. The van der Waals surface area contributed by atoms with Crippen LogP contribution in [-0.2, 0) is 14.6 Å². The van der Waals surface area contributed by atoms with Crippen molar-refractivity contribution in [3.8, 4) is 5.75 Å². The van der Waals surface area contributed by atoms with Gasteiger partial charge in [0, 0.05) is 0 Å². The summed E-state index contributed by atoms with van der Waals surface area (Å²) >= 11 is 0. The Hall–Kier alpha value is -1.85. The van der Waals surface area contributed by atoms with Gasteiger partial charge in [-0.15, -0.1) is 0 Å². The first-order valence-electron chi connectivity index (χ1n) is 9.91. The highest BCUT2D eigenvalue weighted by Gasteiger charge is 2.17. The molecule has 2 unspecified atom stereocenters. The fraction of sp³-hybridized carbons (Fsp3) is 0.478. The SMILES string of the molecule is CCC(C)c1ccc(OC(C)OCCCS(=O)(=O)c2ccc(C)cc2C)cc1. The Morgan fingerprint density at radius 1 is 1.00 bits per heavy atom. The molecule has 2 aromatic carbocycles. The summed E-state index contributed by atoms with van der Waals surface area (Å²) in [6.07, 6.45) is 1.10. The molecule has 154 valence electrons. The molecule has 5 heteroatoms. The third-order valence-electron chi connectivity index (χ3n) is 4.94. The van der Waals surface area contributed by atoms with Crippen LogP contribution in [0.2, 0.25) is 0 Å². The molecule has 0 heterocycles. The summed E-state index contributed by atoms with van der Waals surface area (Å²) in [7, 11) is -3.30. The number of benzene rings is 2. The molecule has 2 rings (SSSR count). The van der Waals surface area contributed by atoms with E-state index in [9.17, 15) is 8.42 Å². The average molecular weight is 405 g/mol. The van der Waals surface area contributed by atoms with Gasteiger partial charge in [-0.05, 0) is 68.9 Å². The monoisotopic (exact) mass is 404 g/mol. The molecular formula is C23H32O4S. The van der Waals surface area contributed by atoms with E-state index in [-0.39, 0.29) is 5.75 Å². The molecule has 4 nitrogen and oxygen atoms in total. The quantitative estimate of drug-likeness (QED) is 0.392. The van der Waals surface area contributed by atoms with Crippen LogP contribution in [0.15, 0.2) is 47.4 Å². The highest BCUT2D eigenvalue weighted by Crippen LogP contribution is 2.22. The summed E-state index contributed by atoms with van der Waals surface area (Å²) in [6, 6.07) is 13.5. The maximum absolute atomic E-state index is 12.5. The molecule has 0 bridgehead atoms. The van der Waals surface area contributed by atoms with Crippen molar-refractivity contribution in [3.05, 3.63) is 59.2 Å². The van der Waals surface area contributed by atoms with E-state index >= 15 is 0 Å². The Labute approximate surface area is 169 Å². The van der Waals surface area contributed by atoms with Crippen LogP contribution in [0.3, 0.4) is 0 Å². The van der Waals surface area contributed by atoms with E-state index in [1.54, 1.807) is 6.07 Å². The van der Waals surface area contributed by atoms with Gasteiger partial charge in [-0.25, -0.2) is 8.42 Å². The minimum absolute atomic E-state index is 0.0627. The maximum atomic E-state index is 12.5. The van der Waals surface area contributed by atoms with E-state index in [1.807, 2.05) is 45.0 Å². The summed E-state index contributed by atoms with van der Waals surface area (Å²) < 4.78 is 36.4. The first-order chi connectivity index (χ1) is 13.2. The van der Waals surface area contributed by atoms with Crippen molar-refractivity contribution < 1.29 is 17.9 Å². The second kappa shape index (κ2) is 10.1. The van der Waals surface area contributed by atoms with Crippen LogP contribution in [-0.4, -0.2) is 27.1 Å². The van der Waals surface area contributed by atoms with Gasteiger partial charge in [0.2, 0.25) is 0 Å². The lowest BCUT2D eigenvalue weighted by Gasteiger charge is -2.16. The number of hydrogen-bond acceptors (Lipinski definition) is 4. The third kappa shape index (κ3) is 6.35. The van der Waals surface area contributed by atoms with Crippen LogP contribution < -0.4 is 4.74 Å². The van der Waals surface area contributed by atoms with Gasteiger partial charge in [-0.3, -0.25) is 0 Å². The minimum atomic E-state index is -3.30. The fourth-order valence-electron chi connectivity index (χ4n) is 3.09. The molecule has 0 saturated carbocycles. The number of rotatable bonds is 10. The van der Waals surface area contributed by atoms with Gasteiger partial charge in [0.1, 0.15) is 5.75 Å². The molecule has 2 atom stereocenters. The summed E-state index contributed by atoms with van der Waals surface area (Å²) in [4.78, 5) is 0.406. The molecule has 2 aromatic rings. The van der Waals surface area contributed by atoms with Crippen LogP contribution in [0.4, 0.5) is 0 Å². The first kappa shape index (κ1) is 22.4. The molecule has 28 heavy (non-hydrogen) atoms. The van der Waals surface area contributed by atoms with Crippen molar-refractivity contribution in [3.63, 3.8) is 0 Å². The van der Waals surface area contributed by atoms with Crippen molar-refractivity contribution in [2.24, 2.45) is 0 Å². The van der Waals surface area contributed by atoms with Crippen molar-refractivity contribution in [1.82, 2.24) is 0 Å². The molecule has 0 fully saturated rings.